The zero-order chi connectivity index (χ0) is 13.7. The maximum atomic E-state index is 6.04. The lowest BCUT2D eigenvalue weighted by Crippen LogP contribution is -2.03. The molecule has 0 saturated carbocycles. The Morgan fingerprint density at radius 1 is 1.11 bits per heavy atom. The van der Waals surface area contributed by atoms with Gasteiger partial charge in [-0.05, 0) is 44.2 Å². The van der Waals surface area contributed by atoms with E-state index in [9.17, 15) is 0 Å². The summed E-state index contributed by atoms with van der Waals surface area (Å²) in [5.74, 6) is 0.881. The lowest BCUT2D eigenvalue weighted by molar-refractivity contribution is 0.337. The molecule has 0 spiro atoms. The van der Waals surface area contributed by atoms with Crippen molar-refractivity contribution in [1.29, 1.82) is 0 Å². The second kappa shape index (κ2) is 6.48. The maximum absolute atomic E-state index is 6.04. The monoisotopic (exact) mass is 275 g/mol. The fraction of sp³-hybridized carbons (Fsp3) is 0.250. The zero-order valence-electron chi connectivity index (χ0n) is 11.2. The highest BCUT2D eigenvalue weighted by Crippen LogP contribution is 2.24. The molecule has 0 fully saturated rings. The zero-order valence-corrected chi connectivity index (χ0v) is 12.0. The molecule has 2 rings (SSSR count). The molecular formula is C16H18ClNO. The van der Waals surface area contributed by atoms with Crippen LogP contribution in [0.2, 0.25) is 5.02 Å². The minimum atomic E-state index is 0.652. The Balaban J connectivity index is 2.09. The molecule has 0 saturated heterocycles. The number of rotatable bonds is 5. The van der Waals surface area contributed by atoms with E-state index in [1.807, 2.05) is 25.1 Å². The minimum absolute atomic E-state index is 0.652. The normalized spacial score (nSPS) is 10.3. The molecule has 100 valence electrons. The SMILES string of the molecule is CCOc1ccc(Cl)cc1CNc1ccc(C)cc1. The standard InChI is InChI=1S/C16H18ClNO/c1-3-19-16-9-6-14(17)10-13(16)11-18-15-7-4-12(2)5-8-15/h4-10,18H,3,11H2,1-2H3. The molecule has 0 heterocycles. The van der Waals surface area contributed by atoms with Crippen LogP contribution < -0.4 is 10.1 Å². The van der Waals surface area contributed by atoms with E-state index in [-0.39, 0.29) is 0 Å². The van der Waals surface area contributed by atoms with Gasteiger partial charge in [0.05, 0.1) is 6.61 Å². The number of hydrogen-bond donors (Lipinski definition) is 1. The van der Waals surface area contributed by atoms with Gasteiger partial charge >= 0.3 is 0 Å². The predicted octanol–water partition coefficient (Wildman–Crippen LogP) is 4.66. The van der Waals surface area contributed by atoms with Crippen LogP contribution in [0.1, 0.15) is 18.1 Å². The van der Waals surface area contributed by atoms with Crippen LogP contribution in [0, 0.1) is 6.92 Å². The molecule has 19 heavy (non-hydrogen) atoms. The molecule has 0 atom stereocenters. The van der Waals surface area contributed by atoms with E-state index < -0.39 is 0 Å². The first-order valence-corrected chi connectivity index (χ1v) is 6.78. The second-order valence-electron chi connectivity index (χ2n) is 4.40. The number of aryl methyl sites for hydroxylation is 1. The molecule has 0 aliphatic carbocycles. The fourth-order valence-corrected chi connectivity index (χ4v) is 2.05. The maximum Gasteiger partial charge on any atom is 0.124 e. The van der Waals surface area contributed by atoms with Gasteiger partial charge in [-0.1, -0.05) is 29.3 Å². The number of halogens is 1. The summed E-state index contributed by atoms with van der Waals surface area (Å²) in [5.41, 5.74) is 3.41. The van der Waals surface area contributed by atoms with Crippen LogP contribution in [0.3, 0.4) is 0 Å². The van der Waals surface area contributed by atoms with Crippen molar-refractivity contribution in [3.63, 3.8) is 0 Å². The highest BCUT2D eigenvalue weighted by Gasteiger charge is 2.04. The van der Waals surface area contributed by atoms with Crippen LogP contribution in [-0.2, 0) is 6.54 Å². The summed E-state index contributed by atoms with van der Waals surface area (Å²) in [7, 11) is 0. The van der Waals surface area contributed by atoms with Crippen molar-refractivity contribution in [3.05, 3.63) is 58.6 Å². The molecular weight excluding hydrogens is 258 g/mol. The average Bonchev–Trinajstić information content (AvgIpc) is 2.41. The third-order valence-electron chi connectivity index (χ3n) is 2.86. The summed E-state index contributed by atoms with van der Waals surface area (Å²) in [6.45, 7) is 5.40. The molecule has 0 bridgehead atoms. The van der Waals surface area contributed by atoms with Crippen LogP contribution in [0.4, 0.5) is 5.69 Å². The van der Waals surface area contributed by atoms with Crippen molar-refractivity contribution < 1.29 is 4.74 Å². The first-order valence-electron chi connectivity index (χ1n) is 6.41. The Morgan fingerprint density at radius 3 is 2.53 bits per heavy atom. The molecule has 2 nitrogen and oxygen atoms in total. The van der Waals surface area contributed by atoms with E-state index in [1.54, 1.807) is 0 Å². The van der Waals surface area contributed by atoms with Crippen LogP contribution in [0.25, 0.3) is 0 Å². The minimum Gasteiger partial charge on any atom is -0.494 e. The van der Waals surface area contributed by atoms with E-state index in [0.29, 0.717) is 13.2 Å². The van der Waals surface area contributed by atoms with Gasteiger partial charge < -0.3 is 10.1 Å². The molecule has 0 aromatic heterocycles. The highest BCUT2D eigenvalue weighted by molar-refractivity contribution is 6.30. The number of ether oxygens (including phenoxy) is 1. The van der Waals surface area contributed by atoms with Crippen molar-refractivity contribution in [2.45, 2.75) is 20.4 Å². The number of hydrogen-bond acceptors (Lipinski definition) is 2. The van der Waals surface area contributed by atoms with Crippen molar-refractivity contribution in [3.8, 4) is 5.75 Å². The average molecular weight is 276 g/mol. The number of nitrogens with one attached hydrogen (secondary N) is 1. The predicted molar refractivity (Wildman–Crippen MR) is 81.1 cm³/mol. The van der Waals surface area contributed by atoms with Crippen molar-refractivity contribution in [1.82, 2.24) is 0 Å². The first-order chi connectivity index (χ1) is 9.19. The number of anilines is 1. The van der Waals surface area contributed by atoms with Gasteiger partial charge in [-0.25, -0.2) is 0 Å². The summed E-state index contributed by atoms with van der Waals surface area (Å²) >= 11 is 6.04. The van der Waals surface area contributed by atoms with Crippen LogP contribution >= 0.6 is 11.6 Å². The molecule has 0 radical (unpaired) electrons. The van der Waals surface area contributed by atoms with Gasteiger partial charge in [-0.2, -0.15) is 0 Å². The third kappa shape index (κ3) is 3.90. The van der Waals surface area contributed by atoms with E-state index in [4.69, 9.17) is 16.3 Å². The topological polar surface area (TPSA) is 21.3 Å². The van der Waals surface area contributed by atoms with Crippen LogP contribution in [0.5, 0.6) is 5.75 Å². The smallest absolute Gasteiger partial charge is 0.124 e. The summed E-state index contributed by atoms with van der Waals surface area (Å²) in [6, 6.07) is 14.0. The largest absolute Gasteiger partial charge is 0.494 e. The Kier molecular flexibility index (Phi) is 4.69. The Morgan fingerprint density at radius 2 is 1.84 bits per heavy atom. The van der Waals surface area contributed by atoms with Crippen molar-refractivity contribution in [2.24, 2.45) is 0 Å². The van der Waals surface area contributed by atoms with Crippen molar-refractivity contribution in [2.75, 3.05) is 11.9 Å². The molecule has 2 aromatic rings. The van der Waals surface area contributed by atoms with Gasteiger partial charge in [0.2, 0.25) is 0 Å². The quantitative estimate of drug-likeness (QED) is 0.857. The molecule has 2 aromatic carbocycles. The third-order valence-corrected chi connectivity index (χ3v) is 3.09. The highest BCUT2D eigenvalue weighted by atomic mass is 35.5. The van der Waals surface area contributed by atoms with E-state index in [0.717, 1.165) is 22.0 Å². The molecule has 1 N–H and O–H groups in total. The number of benzene rings is 2. The first kappa shape index (κ1) is 13.8. The van der Waals surface area contributed by atoms with Gasteiger partial charge in [0.1, 0.15) is 5.75 Å². The van der Waals surface area contributed by atoms with Crippen LogP contribution in [-0.4, -0.2) is 6.61 Å². The van der Waals surface area contributed by atoms with E-state index >= 15 is 0 Å². The molecule has 3 heteroatoms. The Bertz CT molecular complexity index is 537. The fourth-order valence-electron chi connectivity index (χ4n) is 1.85. The van der Waals surface area contributed by atoms with E-state index in [2.05, 4.69) is 36.5 Å². The molecule has 0 aliphatic heterocycles. The van der Waals surface area contributed by atoms with E-state index in [1.165, 1.54) is 5.56 Å². The Hall–Kier alpha value is -1.67. The van der Waals surface area contributed by atoms with Gasteiger partial charge in [-0.3, -0.25) is 0 Å². The molecule has 0 aliphatic rings. The van der Waals surface area contributed by atoms with Crippen LogP contribution in [0.15, 0.2) is 42.5 Å². The van der Waals surface area contributed by atoms with Gasteiger partial charge in [0.25, 0.3) is 0 Å². The summed E-state index contributed by atoms with van der Waals surface area (Å²) in [4.78, 5) is 0. The summed E-state index contributed by atoms with van der Waals surface area (Å²) in [5, 5.41) is 4.10. The van der Waals surface area contributed by atoms with Gasteiger partial charge in [0, 0.05) is 22.8 Å². The lowest BCUT2D eigenvalue weighted by atomic mass is 10.2. The van der Waals surface area contributed by atoms with Gasteiger partial charge in [0.15, 0.2) is 0 Å². The van der Waals surface area contributed by atoms with Gasteiger partial charge in [-0.15, -0.1) is 0 Å². The van der Waals surface area contributed by atoms with Crippen molar-refractivity contribution >= 4 is 17.3 Å². The lowest BCUT2D eigenvalue weighted by Gasteiger charge is -2.12. The molecule has 0 amide bonds. The summed E-state index contributed by atoms with van der Waals surface area (Å²) < 4.78 is 5.60. The second-order valence-corrected chi connectivity index (χ2v) is 4.84. The Labute approximate surface area is 119 Å². The summed E-state index contributed by atoms with van der Waals surface area (Å²) in [6.07, 6.45) is 0. The molecule has 0 unspecified atom stereocenters.